The lowest BCUT2D eigenvalue weighted by molar-refractivity contribution is -0.0244. The third kappa shape index (κ3) is 7.17. The number of carbonyl (C=O) groups is 1. The number of aromatic amines is 1. The zero-order chi connectivity index (χ0) is 22.0. The van der Waals surface area contributed by atoms with Crippen LogP contribution in [0.2, 0.25) is 0 Å². The van der Waals surface area contributed by atoms with Gasteiger partial charge in [0.05, 0.1) is 18.3 Å². The van der Waals surface area contributed by atoms with Crippen molar-refractivity contribution in [2.75, 3.05) is 6.61 Å². The van der Waals surface area contributed by atoms with E-state index < -0.39 is 53.7 Å². The second-order valence-corrected chi connectivity index (χ2v) is 9.97. The fourth-order valence-electron chi connectivity index (χ4n) is 2.29. The molecule has 2 heterocycles. The van der Waals surface area contributed by atoms with Gasteiger partial charge in [-0.05, 0) is 12.8 Å². The lowest BCUT2D eigenvalue weighted by Crippen LogP contribution is -2.34. The molecule has 1 aromatic rings. The summed E-state index contributed by atoms with van der Waals surface area (Å²) in [6, 6.07) is 0. The van der Waals surface area contributed by atoms with Gasteiger partial charge in [-0.25, -0.2) is 18.5 Å². The Bertz CT molecular complexity index is 1030. The summed E-state index contributed by atoms with van der Waals surface area (Å²) in [5.41, 5.74) is -2.08. The van der Waals surface area contributed by atoms with Gasteiger partial charge in [0.2, 0.25) is 0 Å². The number of aldehydes is 1. The largest absolute Gasteiger partial charge is 0.490 e. The summed E-state index contributed by atoms with van der Waals surface area (Å²) in [5.74, 6) is 0. The SMILES string of the molecule is O=Cc1cn([C@H]2CC[C@@H](COP(=O)(O)OP(=O)(O)OP(=O)(O)O)O2)c(=O)[nH]c1=O. The molecule has 0 spiro atoms. The Hall–Kier alpha value is -1.28. The Morgan fingerprint density at radius 1 is 1.14 bits per heavy atom. The molecule has 5 N–H and O–H groups in total. The molecule has 0 amide bonds. The van der Waals surface area contributed by atoms with Gasteiger partial charge < -0.3 is 24.3 Å². The third-order valence-corrected chi connectivity index (χ3v) is 7.16. The first-order chi connectivity index (χ1) is 13.2. The first kappa shape index (κ1) is 24.0. The van der Waals surface area contributed by atoms with Crippen LogP contribution in [0.5, 0.6) is 0 Å². The maximum atomic E-state index is 11.8. The van der Waals surface area contributed by atoms with Crippen molar-refractivity contribution in [3.63, 3.8) is 0 Å². The fraction of sp³-hybridized carbons (Fsp3) is 0.500. The van der Waals surface area contributed by atoms with Crippen molar-refractivity contribution < 1.29 is 55.9 Å². The number of phosphoric acid groups is 3. The van der Waals surface area contributed by atoms with Crippen molar-refractivity contribution in [1.29, 1.82) is 0 Å². The topological polar surface area (TPSA) is 241 Å². The van der Waals surface area contributed by atoms with E-state index in [1.807, 2.05) is 4.98 Å². The van der Waals surface area contributed by atoms with Gasteiger partial charge in [0.25, 0.3) is 5.56 Å². The van der Waals surface area contributed by atoms with Gasteiger partial charge in [0.1, 0.15) is 6.23 Å². The van der Waals surface area contributed by atoms with Gasteiger partial charge in [0.15, 0.2) is 6.29 Å². The third-order valence-electron chi connectivity index (χ3n) is 3.36. The van der Waals surface area contributed by atoms with Crippen LogP contribution < -0.4 is 11.2 Å². The van der Waals surface area contributed by atoms with E-state index in [-0.39, 0.29) is 24.7 Å². The maximum Gasteiger partial charge on any atom is 0.490 e. The summed E-state index contributed by atoms with van der Waals surface area (Å²) in [6.45, 7) is -0.682. The van der Waals surface area contributed by atoms with Gasteiger partial charge in [0, 0.05) is 6.20 Å². The number of carbonyl (C=O) groups excluding carboxylic acids is 1. The van der Waals surface area contributed by atoms with E-state index in [1.54, 1.807) is 0 Å². The molecule has 2 rings (SSSR count). The molecule has 4 atom stereocenters. The van der Waals surface area contributed by atoms with Gasteiger partial charge in [-0.3, -0.25) is 23.7 Å². The highest BCUT2D eigenvalue weighted by Crippen LogP contribution is 2.66. The van der Waals surface area contributed by atoms with E-state index in [1.165, 1.54) is 0 Å². The normalized spacial score (nSPS) is 24.0. The molecule has 1 saturated heterocycles. The molecule has 0 bridgehead atoms. The molecule has 19 heteroatoms. The molecule has 16 nitrogen and oxygen atoms in total. The molecule has 2 unspecified atom stereocenters. The second-order valence-electron chi connectivity index (χ2n) is 5.55. The Kier molecular flexibility index (Phi) is 7.31. The fourth-order valence-corrected chi connectivity index (χ4v) is 5.34. The second kappa shape index (κ2) is 8.84. The number of aromatic nitrogens is 2. The minimum atomic E-state index is -5.63. The highest BCUT2D eigenvalue weighted by Gasteiger charge is 2.41. The highest BCUT2D eigenvalue weighted by molar-refractivity contribution is 7.66. The van der Waals surface area contributed by atoms with Crippen LogP contribution in [0.1, 0.15) is 29.4 Å². The van der Waals surface area contributed by atoms with Crippen molar-refractivity contribution in [2.45, 2.75) is 25.2 Å². The lowest BCUT2D eigenvalue weighted by atomic mass is 10.2. The quantitative estimate of drug-likeness (QED) is 0.218. The summed E-state index contributed by atoms with van der Waals surface area (Å²) >= 11 is 0. The van der Waals surface area contributed by atoms with Crippen LogP contribution in [0.25, 0.3) is 0 Å². The Labute approximate surface area is 160 Å². The summed E-state index contributed by atoms with van der Waals surface area (Å²) in [6.07, 6.45) is -0.312. The van der Waals surface area contributed by atoms with Gasteiger partial charge >= 0.3 is 29.2 Å². The number of hydrogen-bond donors (Lipinski definition) is 5. The predicted octanol–water partition coefficient (Wildman–Crippen LogP) is -0.630. The van der Waals surface area contributed by atoms with E-state index in [0.29, 0.717) is 0 Å². The van der Waals surface area contributed by atoms with Crippen LogP contribution in [0.4, 0.5) is 0 Å². The average molecular weight is 480 g/mol. The van der Waals surface area contributed by atoms with E-state index in [4.69, 9.17) is 19.4 Å². The molecule has 1 aliphatic heterocycles. The number of H-pyrrole nitrogens is 1. The Morgan fingerprint density at radius 3 is 2.38 bits per heavy atom. The molecule has 1 aliphatic rings. The standard InChI is InChI=1S/C10H15N2O14P3/c13-4-6-3-12(10(15)11-9(6)14)8-2-1-7(24-8)5-23-28(19,20)26-29(21,22)25-27(16,17)18/h3-4,7-8H,1-2,5H2,(H,19,20)(H,21,22)(H,11,14,15)(H2,16,17,18)/t7-,8+/m0/s1. The van der Waals surface area contributed by atoms with Crippen molar-refractivity contribution in [1.82, 2.24) is 9.55 Å². The molecule has 1 fully saturated rings. The summed E-state index contributed by atoms with van der Waals surface area (Å²) in [7, 11) is -16.4. The number of nitrogens with zero attached hydrogens (tertiary/aromatic N) is 1. The number of rotatable bonds is 9. The molecule has 0 aromatic carbocycles. The van der Waals surface area contributed by atoms with Gasteiger partial charge in [-0.2, -0.15) is 8.62 Å². The number of ether oxygens (including phenoxy) is 1. The number of hydrogen-bond acceptors (Lipinski definition) is 10. The molecular weight excluding hydrogens is 465 g/mol. The van der Waals surface area contributed by atoms with Crippen LogP contribution in [0.3, 0.4) is 0 Å². The van der Waals surface area contributed by atoms with Crippen LogP contribution >= 0.6 is 23.5 Å². The first-order valence-corrected chi connectivity index (χ1v) is 12.0. The molecule has 0 saturated carbocycles. The Balaban J connectivity index is 1.98. The van der Waals surface area contributed by atoms with Gasteiger partial charge in [-0.1, -0.05) is 0 Å². The summed E-state index contributed by atoms with van der Waals surface area (Å²) in [4.78, 5) is 71.3. The monoisotopic (exact) mass is 480 g/mol. The number of nitrogens with one attached hydrogen (secondary N) is 1. The van der Waals surface area contributed by atoms with Crippen molar-refractivity contribution in [2.24, 2.45) is 0 Å². The first-order valence-electron chi connectivity index (χ1n) is 7.46. The van der Waals surface area contributed by atoms with E-state index in [0.717, 1.165) is 10.8 Å². The van der Waals surface area contributed by atoms with Crippen LogP contribution in [-0.2, 0) is 31.6 Å². The minimum Gasteiger partial charge on any atom is -0.352 e. The molecule has 29 heavy (non-hydrogen) atoms. The average Bonchev–Trinajstić information content (AvgIpc) is 2.98. The lowest BCUT2D eigenvalue weighted by Gasteiger charge is -2.19. The smallest absolute Gasteiger partial charge is 0.352 e. The predicted molar refractivity (Wildman–Crippen MR) is 89.7 cm³/mol. The zero-order valence-corrected chi connectivity index (χ0v) is 16.8. The zero-order valence-electron chi connectivity index (χ0n) is 14.1. The molecule has 1 aromatic heterocycles. The Morgan fingerprint density at radius 2 is 1.79 bits per heavy atom. The van der Waals surface area contributed by atoms with Gasteiger partial charge in [-0.15, -0.1) is 0 Å². The van der Waals surface area contributed by atoms with Crippen LogP contribution in [0, 0.1) is 0 Å². The minimum absolute atomic E-state index is 0.169. The summed E-state index contributed by atoms with van der Waals surface area (Å²) in [5, 5.41) is 0. The molecule has 0 radical (unpaired) electrons. The van der Waals surface area contributed by atoms with Crippen LogP contribution in [0.15, 0.2) is 15.8 Å². The molecule has 164 valence electrons. The molecule has 0 aliphatic carbocycles. The van der Waals surface area contributed by atoms with Crippen LogP contribution in [-0.4, -0.2) is 48.1 Å². The van der Waals surface area contributed by atoms with E-state index >= 15 is 0 Å². The summed E-state index contributed by atoms with van der Waals surface area (Å²) < 4.78 is 51.3. The highest BCUT2D eigenvalue weighted by atomic mass is 31.3. The molecular formula is C10H15N2O14P3. The van der Waals surface area contributed by atoms with Crippen molar-refractivity contribution in [3.05, 3.63) is 32.6 Å². The maximum absolute atomic E-state index is 11.8. The van der Waals surface area contributed by atoms with Crippen molar-refractivity contribution >= 4 is 29.8 Å². The van der Waals surface area contributed by atoms with Crippen molar-refractivity contribution in [3.8, 4) is 0 Å². The van der Waals surface area contributed by atoms with E-state index in [2.05, 4.69) is 13.1 Å². The number of phosphoric ester groups is 1. The van der Waals surface area contributed by atoms with E-state index in [9.17, 15) is 33.0 Å².